The predicted octanol–water partition coefficient (Wildman–Crippen LogP) is 4.21. The van der Waals surface area contributed by atoms with Crippen molar-refractivity contribution in [2.24, 2.45) is 0 Å². The van der Waals surface area contributed by atoms with E-state index in [9.17, 15) is 4.79 Å². The van der Waals surface area contributed by atoms with Gasteiger partial charge in [0, 0.05) is 47.6 Å². The van der Waals surface area contributed by atoms with Gasteiger partial charge in [-0.1, -0.05) is 17.7 Å². The Balaban J connectivity index is 1.61. The topological polar surface area (TPSA) is 39.0 Å². The van der Waals surface area contributed by atoms with E-state index in [1.54, 1.807) is 11.8 Å². The van der Waals surface area contributed by atoms with E-state index >= 15 is 0 Å². The molecule has 0 bridgehead atoms. The van der Waals surface area contributed by atoms with Crippen LogP contribution >= 0.6 is 23.4 Å². The summed E-state index contributed by atoms with van der Waals surface area (Å²) in [5, 5.41) is 4.87. The van der Waals surface area contributed by atoms with Gasteiger partial charge in [-0.15, -0.1) is 0 Å². The van der Waals surface area contributed by atoms with Crippen molar-refractivity contribution in [3.05, 3.63) is 60.0 Å². The molecular formula is C19H22ClN3OS. The van der Waals surface area contributed by atoms with E-state index in [1.165, 1.54) is 0 Å². The van der Waals surface area contributed by atoms with Crippen molar-refractivity contribution in [1.29, 1.82) is 0 Å². The maximum atomic E-state index is 12.6. The molecule has 0 aliphatic heterocycles. The van der Waals surface area contributed by atoms with Crippen LogP contribution in [-0.2, 0) is 11.3 Å². The zero-order valence-corrected chi connectivity index (χ0v) is 15.8. The van der Waals surface area contributed by atoms with Crippen molar-refractivity contribution in [2.75, 3.05) is 18.6 Å². The summed E-state index contributed by atoms with van der Waals surface area (Å²) >= 11 is 7.97. The molecule has 132 valence electrons. The fourth-order valence-electron chi connectivity index (χ4n) is 3.00. The summed E-state index contributed by atoms with van der Waals surface area (Å²) in [4.78, 5) is 12.6. The van der Waals surface area contributed by atoms with Crippen LogP contribution in [0.5, 0.6) is 0 Å². The van der Waals surface area contributed by atoms with Gasteiger partial charge in [-0.05, 0) is 48.8 Å². The van der Waals surface area contributed by atoms with E-state index in [0.717, 1.165) is 34.6 Å². The molecule has 4 nitrogen and oxygen atoms in total. The first kappa shape index (κ1) is 18.0. The van der Waals surface area contributed by atoms with Gasteiger partial charge < -0.3 is 14.5 Å². The van der Waals surface area contributed by atoms with Crippen LogP contribution in [0.15, 0.2) is 55.0 Å². The number of nitrogens with one attached hydrogen (secondary N) is 1. The van der Waals surface area contributed by atoms with Gasteiger partial charge >= 0.3 is 0 Å². The van der Waals surface area contributed by atoms with Gasteiger partial charge in [0.15, 0.2) is 0 Å². The van der Waals surface area contributed by atoms with Crippen molar-refractivity contribution in [1.82, 2.24) is 14.5 Å². The summed E-state index contributed by atoms with van der Waals surface area (Å²) in [5.74, 6) is 1.02. The molecule has 2 aromatic heterocycles. The van der Waals surface area contributed by atoms with E-state index in [-0.39, 0.29) is 11.9 Å². The zero-order chi connectivity index (χ0) is 17.6. The lowest BCUT2D eigenvalue weighted by atomic mass is 10.2. The number of thioether (sulfide) groups is 1. The molecular weight excluding hydrogens is 354 g/mol. The van der Waals surface area contributed by atoms with E-state index in [1.807, 2.05) is 59.6 Å². The van der Waals surface area contributed by atoms with Crippen LogP contribution in [0.4, 0.5) is 0 Å². The number of fused-ring (bicyclic) bond motifs is 1. The Hall–Kier alpha value is -1.85. The highest BCUT2D eigenvalue weighted by molar-refractivity contribution is 7.98. The summed E-state index contributed by atoms with van der Waals surface area (Å²) in [6, 6.07) is 11.7. The lowest BCUT2D eigenvalue weighted by Gasteiger charge is -2.18. The van der Waals surface area contributed by atoms with Crippen molar-refractivity contribution in [2.45, 2.75) is 19.0 Å². The van der Waals surface area contributed by atoms with E-state index < -0.39 is 0 Å². The molecule has 1 aromatic carbocycles. The molecule has 0 aliphatic rings. The lowest BCUT2D eigenvalue weighted by Crippen LogP contribution is -2.34. The minimum absolute atomic E-state index is 0.0692. The molecule has 1 amide bonds. The number of aromatic nitrogens is 2. The third kappa shape index (κ3) is 4.22. The van der Waals surface area contributed by atoms with Gasteiger partial charge in [-0.3, -0.25) is 4.79 Å². The largest absolute Gasteiger partial charge is 0.353 e. The molecule has 3 aromatic rings. The molecule has 0 saturated heterocycles. The van der Waals surface area contributed by atoms with Crippen LogP contribution in [0.3, 0.4) is 0 Å². The SMILES string of the molecule is CSCCC(C(=O)NCCn1ccc2c(Cl)cccc21)n1cccc1. The molecule has 0 spiro atoms. The van der Waals surface area contributed by atoms with Gasteiger partial charge in [0.1, 0.15) is 6.04 Å². The van der Waals surface area contributed by atoms with Crippen LogP contribution in [0, 0.1) is 0 Å². The molecule has 1 atom stereocenters. The van der Waals surface area contributed by atoms with Crippen LogP contribution < -0.4 is 5.32 Å². The third-order valence-electron chi connectivity index (χ3n) is 4.30. The van der Waals surface area contributed by atoms with Crippen molar-refractivity contribution < 1.29 is 4.79 Å². The Morgan fingerprint density at radius 2 is 2.00 bits per heavy atom. The second kappa shape index (κ2) is 8.50. The number of hydrogen-bond donors (Lipinski definition) is 1. The Bertz CT molecular complexity index is 828. The summed E-state index contributed by atoms with van der Waals surface area (Å²) in [6.07, 6.45) is 8.80. The quantitative estimate of drug-likeness (QED) is 0.640. The molecule has 6 heteroatoms. The average Bonchev–Trinajstić information content (AvgIpc) is 3.26. The maximum absolute atomic E-state index is 12.6. The van der Waals surface area contributed by atoms with Crippen LogP contribution in [0.2, 0.25) is 5.02 Å². The number of nitrogens with zero attached hydrogens (tertiary/aromatic N) is 2. The molecule has 0 radical (unpaired) electrons. The molecule has 0 fully saturated rings. The lowest BCUT2D eigenvalue weighted by molar-refractivity contribution is -0.124. The number of amides is 1. The normalized spacial score (nSPS) is 12.4. The molecule has 2 heterocycles. The Labute approximate surface area is 157 Å². The van der Waals surface area contributed by atoms with Gasteiger partial charge in [-0.25, -0.2) is 0 Å². The smallest absolute Gasteiger partial charge is 0.243 e. The first-order valence-corrected chi connectivity index (χ1v) is 10.1. The standard InChI is InChI=1S/C19H22ClN3OS/c1-25-14-8-18(22-10-2-3-11-22)19(24)21-9-13-23-12-7-15-16(20)5-4-6-17(15)23/h2-7,10-12,18H,8-9,13-14H2,1H3,(H,21,24). The second-order valence-electron chi connectivity index (χ2n) is 5.90. The third-order valence-corrected chi connectivity index (χ3v) is 5.27. The maximum Gasteiger partial charge on any atom is 0.243 e. The van der Waals surface area contributed by atoms with Gasteiger partial charge in [0.2, 0.25) is 5.91 Å². The molecule has 0 aliphatic carbocycles. The number of carbonyl (C=O) groups is 1. The van der Waals surface area contributed by atoms with E-state index in [4.69, 9.17) is 11.6 Å². The average molecular weight is 376 g/mol. The summed E-state index contributed by atoms with van der Waals surface area (Å²) in [5.41, 5.74) is 1.09. The van der Waals surface area contributed by atoms with Crippen LogP contribution in [0.25, 0.3) is 10.9 Å². The van der Waals surface area contributed by atoms with Crippen molar-refractivity contribution >= 4 is 40.2 Å². The Morgan fingerprint density at radius 1 is 1.20 bits per heavy atom. The first-order chi connectivity index (χ1) is 12.2. The van der Waals surface area contributed by atoms with E-state index in [0.29, 0.717) is 6.54 Å². The number of hydrogen-bond acceptors (Lipinski definition) is 2. The van der Waals surface area contributed by atoms with Gasteiger partial charge in [0.05, 0.1) is 0 Å². The first-order valence-electron chi connectivity index (χ1n) is 8.33. The fraction of sp³-hybridized carbons (Fsp3) is 0.316. The Kier molecular flexibility index (Phi) is 6.10. The summed E-state index contributed by atoms with van der Waals surface area (Å²) < 4.78 is 4.10. The predicted molar refractivity (Wildman–Crippen MR) is 106 cm³/mol. The second-order valence-corrected chi connectivity index (χ2v) is 7.29. The number of carbonyl (C=O) groups excluding carboxylic acids is 1. The highest BCUT2D eigenvalue weighted by Crippen LogP contribution is 2.24. The molecule has 3 rings (SSSR count). The number of rotatable bonds is 8. The molecule has 1 unspecified atom stereocenters. The van der Waals surface area contributed by atoms with Gasteiger partial charge in [-0.2, -0.15) is 11.8 Å². The number of benzene rings is 1. The van der Waals surface area contributed by atoms with E-state index in [2.05, 4.69) is 16.1 Å². The van der Waals surface area contributed by atoms with Crippen molar-refractivity contribution in [3.8, 4) is 0 Å². The van der Waals surface area contributed by atoms with Gasteiger partial charge in [0.25, 0.3) is 0 Å². The minimum Gasteiger partial charge on any atom is -0.353 e. The highest BCUT2D eigenvalue weighted by atomic mass is 35.5. The van der Waals surface area contributed by atoms with Crippen molar-refractivity contribution in [3.63, 3.8) is 0 Å². The highest BCUT2D eigenvalue weighted by Gasteiger charge is 2.18. The fourth-order valence-corrected chi connectivity index (χ4v) is 3.69. The zero-order valence-electron chi connectivity index (χ0n) is 14.2. The van der Waals surface area contributed by atoms with Crippen LogP contribution in [0.1, 0.15) is 12.5 Å². The summed E-state index contributed by atoms with van der Waals surface area (Å²) in [7, 11) is 0. The monoisotopic (exact) mass is 375 g/mol. The molecule has 0 saturated carbocycles. The molecule has 1 N–H and O–H groups in total. The Morgan fingerprint density at radius 3 is 2.76 bits per heavy atom. The minimum atomic E-state index is -0.154. The number of halogens is 1. The molecule has 25 heavy (non-hydrogen) atoms. The summed E-state index contributed by atoms with van der Waals surface area (Å²) in [6.45, 7) is 1.31. The van der Waals surface area contributed by atoms with Crippen LogP contribution in [-0.4, -0.2) is 33.6 Å².